The van der Waals surface area contributed by atoms with Gasteiger partial charge in [-0.05, 0) is 38.5 Å². The highest BCUT2D eigenvalue weighted by molar-refractivity contribution is 5.68. The third-order valence-electron chi connectivity index (χ3n) is 3.08. The quantitative estimate of drug-likeness (QED) is 0.856. The average Bonchev–Trinajstić information content (AvgIpc) is 2.44. The molecule has 0 saturated heterocycles. The Morgan fingerprint density at radius 1 is 1.21 bits per heavy atom. The van der Waals surface area contributed by atoms with Crippen LogP contribution in [-0.4, -0.2) is 36.6 Å². The maximum atomic E-state index is 12.6. The standard InChI is InChI=1S/C16H22F3NO4/c1-15(2,3)24-14(22)20-12(9-21)13(23-4)10-5-7-11(8-6-10)16(17,18)19/h5-8,12-13,21H,9H2,1-4H3,(H,20,22)/t12-,13+/m1/s1. The summed E-state index contributed by atoms with van der Waals surface area (Å²) in [5.41, 5.74) is -1.12. The summed E-state index contributed by atoms with van der Waals surface area (Å²) in [5.74, 6) is 0. The van der Waals surface area contributed by atoms with Crippen molar-refractivity contribution in [3.8, 4) is 0 Å². The predicted molar refractivity (Wildman–Crippen MR) is 81.4 cm³/mol. The first kappa shape index (κ1) is 20.2. The zero-order valence-corrected chi connectivity index (χ0v) is 14.0. The van der Waals surface area contributed by atoms with E-state index in [1.54, 1.807) is 20.8 Å². The number of aliphatic hydroxyl groups excluding tert-OH is 1. The molecule has 136 valence electrons. The van der Waals surface area contributed by atoms with Crippen molar-refractivity contribution in [2.75, 3.05) is 13.7 Å². The zero-order chi connectivity index (χ0) is 18.5. The fraction of sp³-hybridized carbons (Fsp3) is 0.562. The smallest absolute Gasteiger partial charge is 0.416 e. The van der Waals surface area contributed by atoms with Crippen molar-refractivity contribution >= 4 is 6.09 Å². The first-order valence-corrected chi connectivity index (χ1v) is 7.28. The van der Waals surface area contributed by atoms with Gasteiger partial charge in [-0.1, -0.05) is 12.1 Å². The monoisotopic (exact) mass is 349 g/mol. The molecule has 0 aliphatic rings. The van der Waals surface area contributed by atoms with E-state index < -0.39 is 42.2 Å². The number of carbonyl (C=O) groups excluding carboxylic acids is 1. The van der Waals surface area contributed by atoms with Crippen molar-refractivity contribution in [2.45, 2.75) is 44.7 Å². The molecule has 1 amide bonds. The van der Waals surface area contributed by atoms with Gasteiger partial charge in [0.2, 0.25) is 0 Å². The Kier molecular flexibility index (Phi) is 6.62. The summed E-state index contributed by atoms with van der Waals surface area (Å²) in [4.78, 5) is 11.8. The fourth-order valence-electron chi connectivity index (χ4n) is 2.07. The Morgan fingerprint density at radius 2 is 1.75 bits per heavy atom. The number of halogens is 3. The summed E-state index contributed by atoms with van der Waals surface area (Å²) in [6.45, 7) is 4.58. The van der Waals surface area contributed by atoms with E-state index in [2.05, 4.69) is 5.32 Å². The molecule has 2 atom stereocenters. The lowest BCUT2D eigenvalue weighted by Gasteiger charge is -2.27. The molecule has 0 fully saturated rings. The van der Waals surface area contributed by atoms with Crippen molar-refractivity contribution < 1.29 is 32.5 Å². The van der Waals surface area contributed by atoms with Crippen molar-refractivity contribution in [1.29, 1.82) is 0 Å². The number of amides is 1. The Bertz CT molecular complexity index is 538. The number of methoxy groups -OCH3 is 1. The van der Waals surface area contributed by atoms with Gasteiger partial charge in [0.05, 0.1) is 18.2 Å². The summed E-state index contributed by atoms with van der Waals surface area (Å²) < 4.78 is 48.2. The molecule has 0 heterocycles. The first-order chi connectivity index (χ1) is 11.0. The summed E-state index contributed by atoms with van der Waals surface area (Å²) in [5, 5.41) is 11.9. The normalized spacial score (nSPS) is 14.8. The minimum Gasteiger partial charge on any atom is -0.444 e. The van der Waals surface area contributed by atoms with Gasteiger partial charge in [0, 0.05) is 7.11 Å². The Morgan fingerprint density at radius 3 is 2.12 bits per heavy atom. The van der Waals surface area contributed by atoms with Gasteiger partial charge in [0.15, 0.2) is 0 Å². The highest BCUT2D eigenvalue weighted by atomic mass is 19.4. The summed E-state index contributed by atoms with van der Waals surface area (Å²) >= 11 is 0. The number of alkyl carbamates (subject to hydrolysis) is 1. The predicted octanol–water partition coefficient (Wildman–Crippen LogP) is 3.28. The number of alkyl halides is 3. The molecule has 8 heteroatoms. The molecule has 0 aliphatic heterocycles. The van der Waals surface area contributed by atoms with E-state index in [0.29, 0.717) is 5.56 Å². The molecule has 0 radical (unpaired) electrons. The van der Waals surface area contributed by atoms with Gasteiger partial charge >= 0.3 is 12.3 Å². The molecule has 0 aliphatic carbocycles. The van der Waals surface area contributed by atoms with Crippen LogP contribution in [0.25, 0.3) is 0 Å². The van der Waals surface area contributed by atoms with Crippen molar-refractivity contribution in [3.63, 3.8) is 0 Å². The van der Waals surface area contributed by atoms with Crippen LogP contribution < -0.4 is 5.32 Å². The second-order valence-corrected chi connectivity index (χ2v) is 6.21. The first-order valence-electron chi connectivity index (χ1n) is 7.28. The Labute approximate surface area is 138 Å². The van der Waals surface area contributed by atoms with Gasteiger partial charge < -0.3 is 19.9 Å². The second kappa shape index (κ2) is 7.85. The highest BCUT2D eigenvalue weighted by Crippen LogP contribution is 2.31. The number of benzene rings is 1. The van der Waals surface area contributed by atoms with Crippen molar-refractivity contribution in [2.24, 2.45) is 0 Å². The van der Waals surface area contributed by atoms with Gasteiger partial charge in [-0.2, -0.15) is 13.2 Å². The SMILES string of the molecule is CO[C@@H](c1ccc(C(F)(F)F)cc1)[C@@H](CO)NC(=O)OC(C)(C)C. The molecular weight excluding hydrogens is 327 g/mol. The van der Waals surface area contributed by atoms with Crippen LogP contribution in [0.5, 0.6) is 0 Å². The molecular formula is C16H22F3NO4. The fourth-order valence-corrected chi connectivity index (χ4v) is 2.07. The minimum absolute atomic E-state index is 0.389. The van der Waals surface area contributed by atoms with Gasteiger partial charge in [0.1, 0.15) is 11.7 Å². The molecule has 1 aromatic rings. The van der Waals surface area contributed by atoms with Crippen LogP contribution in [0.2, 0.25) is 0 Å². The largest absolute Gasteiger partial charge is 0.444 e. The van der Waals surface area contributed by atoms with Gasteiger partial charge in [0.25, 0.3) is 0 Å². The lowest BCUT2D eigenvalue weighted by Crippen LogP contribution is -2.44. The Hall–Kier alpha value is -1.80. The lowest BCUT2D eigenvalue weighted by molar-refractivity contribution is -0.137. The number of hydrogen-bond donors (Lipinski definition) is 2. The molecule has 0 saturated carbocycles. The Balaban J connectivity index is 2.90. The molecule has 5 nitrogen and oxygen atoms in total. The van der Waals surface area contributed by atoms with Crippen LogP contribution in [0, 0.1) is 0 Å². The number of hydrogen-bond acceptors (Lipinski definition) is 4. The molecule has 0 unspecified atom stereocenters. The van der Waals surface area contributed by atoms with Crippen LogP contribution in [0.4, 0.5) is 18.0 Å². The van der Waals surface area contributed by atoms with E-state index >= 15 is 0 Å². The van der Waals surface area contributed by atoms with Crippen molar-refractivity contribution in [3.05, 3.63) is 35.4 Å². The lowest BCUT2D eigenvalue weighted by atomic mass is 10.0. The van der Waals surface area contributed by atoms with E-state index in [1.165, 1.54) is 19.2 Å². The van der Waals surface area contributed by atoms with E-state index in [1.807, 2.05) is 0 Å². The zero-order valence-electron chi connectivity index (χ0n) is 14.0. The van der Waals surface area contributed by atoms with Crippen molar-refractivity contribution in [1.82, 2.24) is 5.32 Å². The average molecular weight is 349 g/mol. The number of nitrogens with one attached hydrogen (secondary N) is 1. The number of ether oxygens (including phenoxy) is 2. The maximum Gasteiger partial charge on any atom is 0.416 e. The van der Waals surface area contributed by atoms with Gasteiger partial charge in [-0.25, -0.2) is 4.79 Å². The molecule has 1 aromatic carbocycles. The van der Waals surface area contributed by atoms with Crippen LogP contribution in [-0.2, 0) is 15.7 Å². The van der Waals surface area contributed by atoms with E-state index in [4.69, 9.17) is 9.47 Å². The molecule has 0 spiro atoms. The number of carbonyl (C=O) groups is 1. The minimum atomic E-state index is -4.44. The topological polar surface area (TPSA) is 67.8 Å². The van der Waals surface area contributed by atoms with E-state index in [0.717, 1.165) is 12.1 Å². The van der Waals surface area contributed by atoms with E-state index in [-0.39, 0.29) is 0 Å². The van der Waals surface area contributed by atoms with Crippen LogP contribution in [0.1, 0.15) is 38.0 Å². The number of rotatable bonds is 5. The van der Waals surface area contributed by atoms with Crippen LogP contribution in [0.15, 0.2) is 24.3 Å². The third kappa shape index (κ3) is 6.01. The highest BCUT2D eigenvalue weighted by Gasteiger charge is 2.31. The second-order valence-electron chi connectivity index (χ2n) is 6.21. The molecule has 24 heavy (non-hydrogen) atoms. The number of aliphatic hydroxyl groups is 1. The van der Waals surface area contributed by atoms with E-state index in [9.17, 15) is 23.1 Å². The van der Waals surface area contributed by atoms with Gasteiger partial charge in [-0.15, -0.1) is 0 Å². The summed E-state index contributed by atoms with van der Waals surface area (Å²) in [6.07, 6.45) is -6.02. The van der Waals surface area contributed by atoms with Crippen LogP contribution in [0.3, 0.4) is 0 Å². The molecule has 0 bridgehead atoms. The summed E-state index contributed by atoms with van der Waals surface area (Å²) in [6, 6.07) is 3.46. The third-order valence-corrected chi connectivity index (χ3v) is 3.08. The van der Waals surface area contributed by atoms with Gasteiger partial charge in [-0.3, -0.25) is 0 Å². The maximum absolute atomic E-state index is 12.6. The molecule has 0 aromatic heterocycles. The molecule has 2 N–H and O–H groups in total. The summed E-state index contributed by atoms with van der Waals surface area (Å²) in [7, 11) is 1.34. The molecule has 1 rings (SSSR count). The van der Waals surface area contributed by atoms with Crippen LogP contribution >= 0.6 is 0 Å².